The van der Waals surface area contributed by atoms with Gasteiger partial charge in [0.05, 0.1) is 24.8 Å². The molecule has 79 heavy (non-hydrogen) atoms. The fourth-order valence-corrected chi connectivity index (χ4v) is 7.82. The Balaban J connectivity index is 0.000000386. The van der Waals surface area contributed by atoms with Gasteiger partial charge in [0.25, 0.3) is 0 Å². The van der Waals surface area contributed by atoms with Crippen molar-refractivity contribution in [1.82, 2.24) is 19.6 Å². The standard InChI is InChI=1S/C24H29F5N2O8.C22H27F5N2O6.I3.I2/c1-3-12-4-6-13(7-5-12)8-15-20(24(27,28)29)31(14(9-25)10-26)30-21(15)39-22-19(34)18(33)17(32)16(38-22)11-37-23(35)36-2;1-2-11-3-5-12(6-4-11)7-14-19(22(25,26)27)29(13(8-23)9-24)28-20(14)35-21-18(33)17(32)16(31)15(10-30)34-21;1-3-2;1-2/h4-7,14,16-19,22,32-34H,3,8-11H2,1-2H3;3-6,13,15-18,21,30-33H,2,7-10H2,1H3;;/q;;-1;/t16-,17-,18+,19-,22+;15-,16-,17+,18-,21+;;/m11../s1. The van der Waals surface area contributed by atoms with Crippen LogP contribution in [0.3, 0.4) is 0 Å². The zero-order valence-electron chi connectivity index (χ0n) is 41.6. The van der Waals surface area contributed by atoms with Gasteiger partial charge in [0, 0.05) is 50.1 Å². The zero-order valence-corrected chi connectivity index (χ0v) is 52.4. The number of ether oxygens (including phenoxy) is 6. The van der Waals surface area contributed by atoms with Crippen LogP contribution in [0.25, 0.3) is 0 Å². The van der Waals surface area contributed by atoms with Crippen LogP contribution in [-0.4, -0.2) is 170 Å². The van der Waals surface area contributed by atoms with Crippen molar-refractivity contribution in [1.29, 1.82) is 0 Å². The van der Waals surface area contributed by atoms with Crippen molar-refractivity contribution in [2.45, 2.75) is 125 Å². The predicted octanol–water partition coefficient (Wildman–Crippen LogP) is 4.77. The molecule has 2 aliphatic heterocycles. The molecule has 2 aromatic heterocycles. The van der Waals surface area contributed by atoms with Gasteiger partial charge in [0.2, 0.25) is 24.3 Å². The number of halogens is 15. The summed E-state index contributed by atoms with van der Waals surface area (Å²) in [5, 5.41) is 77.7. The number of methoxy groups -OCH3 is 1. The van der Waals surface area contributed by atoms with Gasteiger partial charge in [-0.2, -0.15) is 26.3 Å². The van der Waals surface area contributed by atoms with Crippen LogP contribution < -0.4 is 22.7 Å². The first-order chi connectivity index (χ1) is 37.4. The summed E-state index contributed by atoms with van der Waals surface area (Å²) in [4.78, 5) is 11.3. The van der Waals surface area contributed by atoms with E-state index in [1.807, 2.05) is 13.8 Å². The van der Waals surface area contributed by atoms with Crippen LogP contribution in [0.2, 0.25) is 0 Å². The van der Waals surface area contributed by atoms with Gasteiger partial charge in [-0.05, 0) is 35.1 Å². The number of carbonyl (C=O) groups is 1. The maximum atomic E-state index is 14.2. The van der Waals surface area contributed by atoms with Gasteiger partial charge in [-0.15, -0.1) is 10.2 Å². The van der Waals surface area contributed by atoms with Crippen LogP contribution in [-0.2, 0) is 57.0 Å². The Morgan fingerprint density at radius 1 is 0.620 bits per heavy atom. The SMILES string of the molecule is CCc1ccc(Cc2c(O[C@@H]3O[C@H](CO)[C@@H](O)[C@H](O)[C@H]3O)nn(C(CF)CF)c2C(F)(F)F)cc1.CCc1ccc(Cc2c(O[C@@H]3O[C@H](COC(=O)OC)[C@@H](O)[C@H](O)[C@H]3O)nn(C(CF)CF)c2C(F)(F)F)cc1.II.I[I-]I. The van der Waals surface area contributed by atoms with Gasteiger partial charge >= 0.3 is 69.0 Å². The van der Waals surface area contributed by atoms with Crippen molar-refractivity contribution < 1.29 is 126 Å². The van der Waals surface area contributed by atoms with Gasteiger partial charge in [0.15, 0.2) is 11.4 Å². The summed E-state index contributed by atoms with van der Waals surface area (Å²) in [7, 11) is 1.01. The Labute approximate surface area is 499 Å². The molecule has 0 amide bonds. The third-order valence-corrected chi connectivity index (χ3v) is 12.0. The minimum absolute atomic E-state index is 0.142. The molecule has 0 bridgehead atoms. The monoisotopic (exact) mass is 1710 g/mol. The molecule has 4 aromatic rings. The molecule has 0 aliphatic carbocycles. The van der Waals surface area contributed by atoms with Crippen molar-refractivity contribution in [3.8, 4) is 11.8 Å². The minimum atomic E-state index is -5.12. The van der Waals surface area contributed by atoms with Crippen LogP contribution in [0.4, 0.5) is 48.7 Å². The van der Waals surface area contributed by atoms with Crippen molar-refractivity contribution in [3.05, 3.63) is 93.3 Å². The van der Waals surface area contributed by atoms with E-state index < -0.39 is 179 Å². The van der Waals surface area contributed by atoms with E-state index in [0.29, 0.717) is 37.2 Å². The summed E-state index contributed by atoms with van der Waals surface area (Å²) >= 11 is 9.54. The van der Waals surface area contributed by atoms with Crippen LogP contribution in [0, 0.1) is 0 Å². The number of hydrogen-bond donors (Lipinski definition) is 7. The maximum absolute atomic E-state index is 14.2. The number of aliphatic hydroxyl groups excluding tert-OH is 7. The topological polar surface area (TPSA) is 250 Å². The molecule has 10 atom stereocenters. The zero-order chi connectivity index (χ0) is 59.5. The van der Waals surface area contributed by atoms with E-state index >= 15 is 0 Å². The van der Waals surface area contributed by atoms with Crippen LogP contribution in [0.5, 0.6) is 11.8 Å². The summed E-state index contributed by atoms with van der Waals surface area (Å²) < 4.78 is 170. The molecule has 0 saturated carbocycles. The van der Waals surface area contributed by atoms with E-state index in [1.165, 1.54) is 0 Å². The number of alkyl halides is 10. The van der Waals surface area contributed by atoms with Crippen molar-refractivity contribution in [3.63, 3.8) is 0 Å². The van der Waals surface area contributed by atoms with E-state index in [1.54, 1.807) is 48.5 Å². The van der Waals surface area contributed by atoms with E-state index in [2.05, 4.69) is 94.1 Å². The van der Waals surface area contributed by atoms with Crippen LogP contribution in [0.15, 0.2) is 48.5 Å². The Morgan fingerprint density at radius 2 is 0.949 bits per heavy atom. The van der Waals surface area contributed by atoms with Crippen molar-refractivity contribution >= 4 is 80.6 Å². The Kier molecular flexibility index (Phi) is 31.1. The molecule has 2 aliphatic rings. The summed E-state index contributed by atoms with van der Waals surface area (Å²) in [6, 6.07) is 9.38. The second-order valence-electron chi connectivity index (χ2n) is 17.0. The molecule has 4 heterocycles. The van der Waals surface area contributed by atoms with E-state index in [4.69, 9.17) is 18.9 Å². The predicted molar refractivity (Wildman–Crippen MR) is 290 cm³/mol. The van der Waals surface area contributed by atoms with Gasteiger partial charge in [-0.3, -0.25) is 0 Å². The molecular weight excluding hydrogens is 1660 g/mol. The molecule has 0 unspecified atom stereocenters. The number of nitrogens with zero attached hydrogens (tertiary/aromatic N) is 4. The Hall–Kier alpha value is -1.68. The van der Waals surface area contributed by atoms with E-state index in [0.717, 1.165) is 18.2 Å². The quantitative estimate of drug-likeness (QED) is 0.0380. The van der Waals surface area contributed by atoms with E-state index in [9.17, 15) is 84.4 Å². The Morgan fingerprint density at radius 3 is 1.25 bits per heavy atom. The molecule has 0 radical (unpaired) electrons. The molecule has 450 valence electrons. The first-order valence-electron chi connectivity index (χ1n) is 23.2. The average Bonchev–Trinajstić information content (AvgIpc) is 4.13. The summed E-state index contributed by atoms with van der Waals surface area (Å²) in [6.07, 6.45) is -28.7. The molecule has 2 aromatic carbocycles. The number of aliphatic hydroxyl groups is 7. The Bertz CT molecular complexity index is 2430. The fraction of sp³-hybridized carbons (Fsp3) is 0.587. The van der Waals surface area contributed by atoms with Crippen molar-refractivity contribution in [2.75, 3.05) is 47.0 Å². The molecule has 2 saturated heterocycles. The van der Waals surface area contributed by atoms with Crippen LogP contribution in [0.1, 0.15) is 70.7 Å². The summed E-state index contributed by atoms with van der Waals surface area (Å²) in [5.41, 5.74) is -1.39. The molecule has 7 N–H and O–H groups in total. The summed E-state index contributed by atoms with van der Waals surface area (Å²) in [5.74, 6) is -1.50. The van der Waals surface area contributed by atoms with Gasteiger partial charge in [-0.1, -0.05) is 62.4 Å². The number of hydrogen-bond acceptors (Lipinski definition) is 16. The van der Waals surface area contributed by atoms with Gasteiger partial charge < -0.3 is 64.2 Å². The number of aryl methyl sites for hydroxylation is 2. The molecule has 33 heteroatoms. The number of benzene rings is 2. The normalized spacial score (nSPS) is 23.2. The molecule has 0 spiro atoms. The van der Waals surface area contributed by atoms with E-state index in [-0.39, 0.29) is 9.36 Å². The number of rotatable bonds is 19. The van der Waals surface area contributed by atoms with Crippen molar-refractivity contribution in [2.24, 2.45) is 0 Å². The average molecular weight is 1710 g/mol. The first-order valence-corrected chi connectivity index (χ1v) is 42.1. The second-order valence-corrected chi connectivity index (χ2v) is 33.3. The second kappa shape index (κ2) is 34.3. The number of aromatic nitrogens is 4. The van der Waals surface area contributed by atoms with Gasteiger partial charge in [-0.25, -0.2) is 31.7 Å². The molecule has 2 fully saturated rings. The first kappa shape index (κ1) is 71.6. The molecule has 6 rings (SSSR count). The van der Waals surface area contributed by atoms with Crippen LogP contribution >= 0.6 is 74.5 Å². The fourth-order valence-electron chi connectivity index (χ4n) is 7.82. The summed E-state index contributed by atoms with van der Waals surface area (Å²) in [6.45, 7) is -3.65. The molecule has 18 nitrogen and oxygen atoms in total. The number of carbonyl (C=O) groups excluding carboxylic acids is 1. The third-order valence-electron chi connectivity index (χ3n) is 12.0. The molecular formula is C46H56F10I5N4O14-. The van der Waals surface area contributed by atoms with Gasteiger partial charge in [0.1, 0.15) is 94.2 Å². The third kappa shape index (κ3) is 19.4.